The highest BCUT2D eigenvalue weighted by molar-refractivity contribution is 6.31. The molecule has 65 heavy (non-hydrogen) atoms. The highest BCUT2D eigenvalue weighted by Crippen LogP contribution is 2.68. The number of likely N-dealkylation sites (N-methyl/N-ethyl adjacent to an activating group) is 1. The summed E-state index contributed by atoms with van der Waals surface area (Å²) in [6.07, 6.45) is 8.93. The van der Waals surface area contributed by atoms with E-state index in [1.54, 1.807) is 31.4 Å². The van der Waals surface area contributed by atoms with E-state index in [2.05, 4.69) is 81.3 Å². The molecule has 1 amide bonds. The van der Waals surface area contributed by atoms with Crippen molar-refractivity contribution in [1.29, 1.82) is 0 Å². The van der Waals surface area contributed by atoms with E-state index in [1.807, 2.05) is 19.2 Å². The zero-order valence-electron chi connectivity index (χ0n) is 38.2. The maximum absolute atomic E-state index is 15.5. The zero-order chi connectivity index (χ0) is 45.6. The van der Waals surface area contributed by atoms with Crippen molar-refractivity contribution < 1.29 is 33.7 Å². The fraction of sp³-hybridized carbons (Fsp3) is 0.481. The second kappa shape index (κ2) is 16.0. The molecule has 1 spiro atoms. The summed E-state index contributed by atoms with van der Waals surface area (Å²) in [6, 6.07) is 18.3. The van der Waals surface area contributed by atoms with Crippen LogP contribution in [0.15, 0.2) is 84.5 Å². The molecule has 1 aliphatic carbocycles. The third-order valence-electron chi connectivity index (χ3n) is 16.3. The number of nitrogens with zero attached hydrogens (tertiary/aromatic N) is 3. The molecule has 6 aliphatic rings. The van der Waals surface area contributed by atoms with E-state index in [4.69, 9.17) is 25.8 Å². The van der Waals surface area contributed by atoms with Crippen LogP contribution in [0, 0.1) is 11.3 Å². The molecule has 342 valence electrons. The average Bonchev–Trinajstić information content (AvgIpc) is 3.97. The van der Waals surface area contributed by atoms with Gasteiger partial charge in [-0.15, -0.1) is 0 Å². The molecule has 9 atom stereocenters. The number of benzene rings is 3. The van der Waals surface area contributed by atoms with Crippen LogP contribution in [-0.2, 0) is 36.3 Å². The van der Waals surface area contributed by atoms with Crippen LogP contribution in [0.1, 0.15) is 79.2 Å². The van der Waals surface area contributed by atoms with Crippen molar-refractivity contribution in [3.63, 3.8) is 0 Å². The first-order valence-corrected chi connectivity index (χ1v) is 23.6. The standard InChI is InChI=1S/C52H60ClN5O7/c1-7-32-23-33-27-51(48(61)64-6,43-37(17-21-57(28-32)29-33)36-15-9-10-16-40(36)55-43)39-25-38-41(26-42(39)63-5)56(4)46-50(38)19-22-58-20-12-18-49(8-2,45(50)58)47(65-31(3)59)52(46,62)30-54-44(60)34-13-11-14-35(53)24-34/h9-16,18,23-26,33,45-47,55,62H,7-8,17,19-22,27-30H2,1-6H3,(H,54,60)/t33-,45?,46+,47+,49+,50+,51-,52?/m0/s1. The van der Waals surface area contributed by atoms with E-state index in [9.17, 15) is 14.7 Å². The van der Waals surface area contributed by atoms with E-state index < -0.39 is 45.9 Å². The Bertz CT molecular complexity index is 2660. The number of ether oxygens (including phenoxy) is 3. The maximum atomic E-state index is 15.5. The first-order chi connectivity index (χ1) is 31.3. The molecule has 4 aromatic rings. The summed E-state index contributed by atoms with van der Waals surface area (Å²) in [7, 11) is 5.11. The monoisotopic (exact) mass is 901 g/mol. The number of fused-ring (bicyclic) bond motifs is 6. The third kappa shape index (κ3) is 6.30. The number of anilines is 1. The number of rotatable bonds is 9. The fourth-order valence-electron chi connectivity index (χ4n) is 14.0. The lowest BCUT2D eigenvalue weighted by Gasteiger charge is -2.64. The quantitative estimate of drug-likeness (QED) is 0.123. The highest BCUT2D eigenvalue weighted by Gasteiger charge is 2.78. The molecule has 10 rings (SSSR count). The van der Waals surface area contributed by atoms with Gasteiger partial charge in [-0.1, -0.05) is 73.5 Å². The van der Waals surface area contributed by atoms with Gasteiger partial charge in [-0.2, -0.15) is 0 Å². The molecule has 2 bridgehead atoms. The van der Waals surface area contributed by atoms with E-state index >= 15 is 4.79 Å². The molecule has 5 aliphatic heterocycles. The minimum Gasteiger partial charge on any atom is -0.496 e. The molecule has 1 aromatic heterocycles. The number of H-pyrrole nitrogens is 1. The largest absolute Gasteiger partial charge is 0.496 e. The number of aromatic nitrogens is 1. The Morgan fingerprint density at radius 3 is 2.57 bits per heavy atom. The van der Waals surface area contributed by atoms with Crippen molar-refractivity contribution in [2.45, 2.75) is 87.5 Å². The summed E-state index contributed by atoms with van der Waals surface area (Å²) in [5.41, 5.74) is 2.28. The molecule has 3 unspecified atom stereocenters. The van der Waals surface area contributed by atoms with Crippen LogP contribution in [0.4, 0.5) is 5.69 Å². The van der Waals surface area contributed by atoms with Crippen molar-refractivity contribution >= 4 is 46.0 Å². The van der Waals surface area contributed by atoms with Crippen LogP contribution in [-0.4, -0.2) is 122 Å². The topological polar surface area (TPSA) is 137 Å². The molecule has 3 N–H and O–H groups in total. The van der Waals surface area contributed by atoms with Gasteiger partial charge in [0.05, 0.1) is 26.8 Å². The summed E-state index contributed by atoms with van der Waals surface area (Å²) in [5, 5.41) is 18.5. The summed E-state index contributed by atoms with van der Waals surface area (Å²) in [4.78, 5) is 53.7. The molecular formula is C52H60ClN5O7. The summed E-state index contributed by atoms with van der Waals surface area (Å²) in [6.45, 7) is 9.41. The van der Waals surface area contributed by atoms with Crippen LogP contribution < -0.4 is 15.0 Å². The normalized spacial score (nSPS) is 32.2. The van der Waals surface area contributed by atoms with Crippen molar-refractivity contribution in [2.75, 3.05) is 65.4 Å². The van der Waals surface area contributed by atoms with Gasteiger partial charge in [0, 0.05) is 102 Å². The number of esters is 2. The van der Waals surface area contributed by atoms with Crippen LogP contribution in [0.5, 0.6) is 5.75 Å². The lowest BCUT2D eigenvalue weighted by molar-refractivity contribution is -0.216. The van der Waals surface area contributed by atoms with Crippen LogP contribution in [0.25, 0.3) is 10.9 Å². The molecule has 1 saturated carbocycles. The number of carbonyl (C=O) groups excluding carboxylic acids is 3. The highest BCUT2D eigenvalue weighted by atomic mass is 35.5. The summed E-state index contributed by atoms with van der Waals surface area (Å²) < 4.78 is 18.9. The molecular weight excluding hydrogens is 842 g/mol. The fourth-order valence-corrected chi connectivity index (χ4v) is 14.1. The van der Waals surface area contributed by atoms with Gasteiger partial charge in [0.1, 0.15) is 22.9 Å². The number of hydrogen-bond donors (Lipinski definition) is 3. The summed E-state index contributed by atoms with van der Waals surface area (Å²) in [5.74, 6) is -0.746. The number of nitrogens with one attached hydrogen (secondary N) is 2. The number of carbonyl (C=O) groups is 3. The van der Waals surface area contributed by atoms with Crippen LogP contribution in [0.3, 0.4) is 0 Å². The molecule has 6 heterocycles. The van der Waals surface area contributed by atoms with Crippen molar-refractivity contribution in [1.82, 2.24) is 20.1 Å². The van der Waals surface area contributed by atoms with Gasteiger partial charge in [-0.3, -0.25) is 24.2 Å². The maximum Gasteiger partial charge on any atom is 0.322 e. The Kier molecular flexibility index (Phi) is 10.8. The molecule has 12 nitrogen and oxygen atoms in total. The predicted octanol–water partition coefficient (Wildman–Crippen LogP) is 6.71. The molecule has 2 fully saturated rings. The van der Waals surface area contributed by atoms with E-state index in [0.29, 0.717) is 47.7 Å². The van der Waals surface area contributed by atoms with E-state index in [1.165, 1.54) is 19.6 Å². The Balaban J connectivity index is 1.23. The van der Waals surface area contributed by atoms with Gasteiger partial charge >= 0.3 is 11.9 Å². The van der Waals surface area contributed by atoms with E-state index in [0.717, 1.165) is 72.4 Å². The lowest BCUT2D eigenvalue weighted by Crippen LogP contribution is -2.81. The van der Waals surface area contributed by atoms with Crippen LogP contribution >= 0.6 is 11.6 Å². The number of aliphatic hydroxyl groups is 1. The Labute approximate surface area is 385 Å². The number of aromatic amines is 1. The second-order valence-corrected chi connectivity index (χ2v) is 19.8. The second-order valence-electron chi connectivity index (χ2n) is 19.4. The number of para-hydroxylation sites is 1. The van der Waals surface area contributed by atoms with Crippen molar-refractivity contribution in [3.05, 3.63) is 117 Å². The summed E-state index contributed by atoms with van der Waals surface area (Å²) >= 11 is 6.34. The lowest BCUT2D eigenvalue weighted by atomic mass is 9.47. The smallest absolute Gasteiger partial charge is 0.322 e. The Hall–Kier alpha value is -5.14. The van der Waals surface area contributed by atoms with Crippen molar-refractivity contribution in [2.24, 2.45) is 11.3 Å². The number of methoxy groups -OCH3 is 2. The number of hydrogen-bond acceptors (Lipinski definition) is 10. The minimum absolute atomic E-state index is 0.0206. The van der Waals surface area contributed by atoms with Gasteiger partial charge in [0.25, 0.3) is 5.91 Å². The van der Waals surface area contributed by atoms with Gasteiger partial charge in [0.2, 0.25) is 0 Å². The first-order valence-electron chi connectivity index (χ1n) is 23.2. The molecule has 3 aromatic carbocycles. The van der Waals surface area contributed by atoms with Crippen molar-refractivity contribution in [3.8, 4) is 5.75 Å². The predicted molar refractivity (Wildman–Crippen MR) is 251 cm³/mol. The first kappa shape index (κ1) is 43.7. The SMILES string of the molecule is CCC1=C[C@@H]2CN(CCc3c([nH]c4ccccc34)[C@@](C(=O)OC)(c3cc4c(cc3OC)N(C)[C@H]3C(O)(CNC(=O)c5cccc(Cl)c5)[C@H](OC(C)=O)[C@]5(CC)C=CCN6CC[C@]43C65)C2)C1. The molecule has 1 saturated heterocycles. The Morgan fingerprint density at radius 1 is 1.02 bits per heavy atom. The van der Waals surface area contributed by atoms with Crippen LogP contribution in [0.2, 0.25) is 5.02 Å². The zero-order valence-corrected chi connectivity index (χ0v) is 39.0. The Morgan fingerprint density at radius 2 is 1.83 bits per heavy atom. The van der Waals surface area contributed by atoms with Gasteiger partial charge in [0.15, 0.2) is 0 Å². The minimum atomic E-state index is -1.83. The third-order valence-corrected chi connectivity index (χ3v) is 16.5. The number of amides is 1. The van der Waals surface area contributed by atoms with Gasteiger partial charge in [-0.25, -0.2) is 0 Å². The number of halogens is 1. The van der Waals surface area contributed by atoms with E-state index in [-0.39, 0.29) is 24.5 Å². The molecule has 0 radical (unpaired) electrons. The molecule has 13 heteroatoms. The van der Waals surface area contributed by atoms with Gasteiger partial charge < -0.3 is 34.5 Å². The average molecular weight is 903 g/mol. The van der Waals surface area contributed by atoms with Gasteiger partial charge in [-0.05, 0) is 86.0 Å².